The highest BCUT2D eigenvalue weighted by Gasteiger charge is 2.53. The van der Waals surface area contributed by atoms with E-state index in [-0.39, 0.29) is 23.7 Å². The lowest BCUT2D eigenvalue weighted by Crippen LogP contribution is -2.50. The quantitative estimate of drug-likeness (QED) is 0.0258. The van der Waals surface area contributed by atoms with Crippen LogP contribution in [0.4, 0.5) is 0 Å². The van der Waals surface area contributed by atoms with Crippen molar-refractivity contribution in [3.8, 4) is 11.5 Å². The number of quaternary nitrogens is 2. The Balaban J connectivity index is 0.000000205. The molecule has 78 heavy (non-hydrogen) atoms. The molecule has 4 bridgehead atoms. The van der Waals surface area contributed by atoms with Gasteiger partial charge in [0.25, 0.3) is 0 Å². The summed E-state index contributed by atoms with van der Waals surface area (Å²) in [6.45, 7) is 32.3. The number of benzene rings is 5. The van der Waals surface area contributed by atoms with E-state index in [1.54, 1.807) is 0 Å². The smallest absolute Gasteiger partial charge is 0.181 e. The molecular weight excluding hydrogens is 1000 g/mol. The molecule has 0 spiro atoms. The van der Waals surface area contributed by atoms with E-state index >= 15 is 0 Å². The molecule has 0 aliphatic heterocycles. The van der Waals surface area contributed by atoms with E-state index in [0.717, 1.165) is 92.2 Å². The maximum Gasteiger partial charge on any atom is 0.181 e. The lowest BCUT2D eigenvalue weighted by molar-refractivity contribution is -0.929. The lowest BCUT2D eigenvalue weighted by atomic mass is 9.77. The summed E-state index contributed by atoms with van der Waals surface area (Å²) in [5.41, 5.74) is 7.70. The number of hydrogen-bond donors (Lipinski definition) is 0. The van der Waals surface area contributed by atoms with Crippen LogP contribution in [0.15, 0.2) is 72.8 Å². The Hall–Kier alpha value is -3.48. The molecule has 4 aliphatic carbocycles. The van der Waals surface area contributed by atoms with Crippen molar-refractivity contribution in [1.82, 2.24) is 0 Å². The Kier molecular flexibility index (Phi) is 22.7. The second-order valence-electron chi connectivity index (χ2n) is 24.4. The zero-order valence-corrected chi connectivity index (χ0v) is 52.1. The molecule has 10 heteroatoms. The minimum absolute atomic E-state index is 0.114. The number of nitrogens with zero attached hydrogens (tertiary/aromatic N) is 2. The number of hydrogen-bond acceptors (Lipinski definition) is 6. The molecule has 9 rings (SSSR count). The highest BCUT2D eigenvalue weighted by molar-refractivity contribution is 7.51. The van der Waals surface area contributed by atoms with Crippen molar-refractivity contribution in [3.05, 3.63) is 117 Å². The van der Waals surface area contributed by atoms with Gasteiger partial charge in [0.2, 0.25) is 0 Å². The highest BCUT2D eigenvalue weighted by Crippen LogP contribution is 2.71. The molecule has 0 aromatic heterocycles. The van der Waals surface area contributed by atoms with E-state index in [1.807, 2.05) is 24.3 Å². The van der Waals surface area contributed by atoms with Crippen LogP contribution >= 0.6 is 15.2 Å². The molecule has 8 nitrogen and oxygen atoms in total. The molecule has 0 saturated carbocycles. The Morgan fingerprint density at radius 3 is 0.808 bits per heavy atom. The second-order valence-corrected chi connectivity index (χ2v) is 27.8. The first-order chi connectivity index (χ1) is 37.5. The van der Waals surface area contributed by atoms with E-state index in [2.05, 4.69) is 104 Å². The third kappa shape index (κ3) is 14.8. The van der Waals surface area contributed by atoms with Gasteiger partial charge in [0, 0.05) is 59.3 Å². The van der Waals surface area contributed by atoms with Gasteiger partial charge < -0.3 is 27.8 Å². The van der Waals surface area contributed by atoms with Crippen molar-refractivity contribution in [2.75, 3.05) is 65.7 Å². The molecule has 0 saturated heterocycles. The van der Waals surface area contributed by atoms with Gasteiger partial charge in [-0.1, -0.05) is 180 Å². The lowest BCUT2D eigenvalue weighted by Gasteiger charge is -2.39. The summed E-state index contributed by atoms with van der Waals surface area (Å²) in [6.07, 6.45) is 26.5. The predicted octanol–water partition coefficient (Wildman–Crippen LogP) is 17.9. The molecular formula is C68H102N2O6P2. The molecule has 0 N–H and O–H groups in total. The van der Waals surface area contributed by atoms with Gasteiger partial charge in [-0.25, -0.2) is 0 Å². The number of fused-ring (bicyclic) bond motifs is 18. The van der Waals surface area contributed by atoms with Crippen LogP contribution < -0.4 is 18.8 Å². The van der Waals surface area contributed by atoms with Crippen LogP contribution in [0.5, 0.6) is 11.5 Å². The Morgan fingerprint density at radius 1 is 0.385 bits per heavy atom. The average molecular weight is 1110 g/mol. The van der Waals surface area contributed by atoms with Crippen molar-refractivity contribution >= 4 is 36.7 Å². The summed E-state index contributed by atoms with van der Waals surface area (Å²) in [7, 11) is -8.41. The van der Waals surface area contributed by atoms with Gasteiger partial charge >= 0.3 is 0 Å². The molecule has 0 heterocycles. The molecule has 4 aliphatic rings. The summed E-state index contributed by atoms with van der Waals surface area (Å²) >= 11 is 0. The zero-order valence-electron chi connectivity index (χ0n) is 50.3. The fourth-order valence-corrected chi connectivity index (χ4v) is 15.3. The SMILES string of the molecule is CCCCC[N+](CCCC)(CCCC)CCCC.CCCCC[N+](CCCC)(CCCC)CCCC.CP(=O)([O-])Oc1c2c(c(OP(C)(=O)[O-])c3c1C1CC3c3cc4ccccc4cc31)C1CC2c2cc3ccccc3cc21. The van der Waals surface area contributed by atoms with Crippen molar-refractivity contribution in [2.45, 2.75) is 207 Å². The van der Waals surface area contributed by atoms with E-state index < -0.39 is 15.2 Å². The van der Waals surface area contributed by atoms with E-state index in [0.29, 0.717) is 11.5 Å². The van der Waals surface area contributed by atoms with Crippen molar-refractivity contribution in [2.24, 2.45) is 0 Å². The van der Waals surface area contributed by atoms with Gasteiger partial charge in [-0.15, -0.1) is 0 Å². The second kappa shape index (κ2) is 28.5. The fraction of sp³-hybridized carbons (Fsp3) is 0.618. The number of unbranched alkanes of at least 4 members (excludes halogenated alkanes) is 10. The Labute approximate surface area is 473 Å². The summed E-state index contributed by atoms with van der Waals surface area (Å²) in [6, 6.07) is 25.2. The van der Waals surface area contributed by atoms with E-state index in [1.165, 1.54) is 177 Å². The molecule has 5 aromatic carbocycles. The van der Waals surface area contributed by atoms with Crippen LogP contribution in [0.25, 0.3) is 21.5 Å². The van der Waals surface area contributed by atoms with Gasteiger partial charge in [-0.2, -0.15) is 0 Å². The standard InChI is InChI=1S/C34H28O6P2.2C17H38N/c1-41(35,36)39-33-29-25-15-27(23-13-19-9-5-3-7-17(19)11-21(23)25)31(29)34(40-42(2,37)38)32-28-16-26(30(32)33)22-12-18-8-4-6-10-20(18)14-24(22)28;2*1-5-9-13-17-18(14-10-6-2,15-11-7-3)16-12-8-4/h3-14,25-28H,15-16H2,1-2H3,(H,35,36)(H,37,38);2*5-17H2,1-4H3/q;2*+1/p-2. The third-order valence-corrected chi connectivity index (χ3v) is 19.2. The molecule has 430 valence electrons. The average Bonchev–Trinajstić information content (AvgIpc) is 3.30. The molecule has 6 unspecified atom stereocenters. The maximum absolute atomic E-state index is 12.8. The minimum Gasteiger partial charge on any atom is -0.769 e. The van der Waals surface area contributed by atoms with Gasteiger partial charge in [-0.05, 0) is 121 Å². The topological polar surface area (TPSA) is 98.7 Å². The van der Waals surface area contributed by atoms with Crippen LogP contribution in [0.2, 0.25) is 0 Å². The normalized spacial score (nSPS) is 19.0. The van der Waals surface area contributed by atoms with E-state index in [9.17, 15) is 18.9 Å². The van der Waals surface area contributed by atoms with Crippen LogP contribution in [0.1, 0.15) is 252 Å². The Morgan fingerprint density at radius 2 is 0.603 bits per heavy atom. The number of rotatable bonds is 30. The largest absolute Gasteiger partial charge is 0.769 e. The molecule has 5 aromatic rings. The van der Waals surface area contributed by atoms with E-state index in [4.69, 9.17) is 9.05 Å². The van der Waals surface area contributed by atoms with Gasteiger partial charge in [0.05, 0.1) is 52.4 Å². The molecule has 0 amide bonds. The van der Waals surface area contributed by atoms with Gasteiger partial charge in [0.15, 0.2) is 15.2 Å². The van der Waals surface area contributed by atoms with Crippen LogP contribution in [-0.2, 0) is 9.13 Å². The third-order valence-electron chi connectivity index (χ3n) is 18.2. The fourth-order valence-electron chi connectivity index (χ4n) is 14.2. The monoisotopic (exact) mass is 1100 g/mol. The first-order valence-corrected chi connectivity index (χ1v) is 35.5. The highest BCUT2D eigenvalue weighted by atomic mass is 31.2. The summed E-state index contributed by atoms with van der Waals surface area (Å²) in [4.78, 5) is 25.7. The molecule has 0 fully saturated rings. The summed E-state index contributed by atoms with van der Waals surface area (Å²) < 4.78 is 40.5. The maximum atomic E-state index is 12.8. The van der Waals surface area contributed by atoms with Crippen LogP contribution in [0.3, 0.4) is 0 Å². The molecule has 0 radical (unpaired) electrons. The first kappa shape index (κ1) is 62.1. The minimum atomic E-state index is -4.21. The van der Waals surface area contributed by atoms with Crippen molar-refractivity contribution < 1.29 is 36.9 Å². The zero-order chi connectivity index (χ0) is 56.1. The van der Waals surface area contributed by atoms with Gasteiger partial charge in [0.1, 0.15) is 11.5 Å². The van der Waals surface area contributed by atoms with Gasteiger partial charge in [-0.3, -0.25) is 9.13 Å². The summed E-state index contributed by atoms with van der Waals surface area (Å²) in [5.74, 6) is 0.327. The molecule has 6 atom stereocenters. The summed E-state index contributed by atoms with van der Waals surface area (Å²) in [5, 5.41) is 4.47. The first-order valence-electron chi connectivity index (χ1n) is 31.5. The predicted molar refractivity (Wildman–Crippen MR) is 327 cm³/mol. The van der Waals surface area contributed by atoms with Crippen LogP contribution in [0, 0.1) is 0 Å². The van der Waals surface area contributed by atoms with Crippen molar-refractivity contribution in [1.29, 1.82) is 0 Å². The van der Waals surface area contributed by atoms with Crippen molar-refractivity contribution in [3.63, 3.8) is 0 Å². The van der Waals surface area contributed by atoms with Crippen LogP contribution in [-0.4, -0.2) is 74.7 Å². The Bertz CT molecular complexity index is 2480.